The third kappa shape index (κ3) is 2.02. The van der Waals surface area contributed by atoms with Crippen LogP contribution >= 0.6 is 0 Å². The first-order chi connectivity index (χ1) is 9.90. The van der Waals surface area contributed by atoms with Crippen molar-refractivity contribution in [1.29, 1.82) is 0 Å². The zero-order valence-electron chi connectivity index (χ0n) is 13.0. The van der Waals surface area contributed by atoms with Gasteiger partial charge in [0.05, 0.1) is 0 Å². The van der Waals surface area contributed by atoms with Crippen LogP contribution in [0.2, 0.25) is 0 Å². The highest BCUT2D eigenvalue weighted by atomic mass is 16.2. The Kier molecular flexibility index (Phi) is 3.19. The maximum absolute atomic E-state index is 12.7. The summed E-state index contributed by atoms with van der Waals surface area (Å²) in [6.07, 6.45) is 3.39. The predicted octanol–water partition coefficient (Wildman–Crippen LogP) is 3.58. The second-order valence-electron chi connectivity index (χ2n) is 7.08. The van der Waals surface area contributed by atoms with Crippen LogP contribution in [-0.4, -0.2) is 11.7 Å². The molecule has 2 unspecified atom stereocenters. The lowest BCUT2D eigenvalue weighted by atomic mass is 9.70. The maximum atomic E-state index is 12.7. The number of nitrogens with one attached hydrogen (secondary N) is 1. The number of Topliss-reactive ketones (excluding diaryl/α,β-unsaturated/α-hetero) is 1. The van der Waals surface area contributed by atoms with Gasteiger partial charge in [0.2, 0.25) is 5.91 Å². The van der Waals surface area contributed by atoms with E-state index in [1.54, 1.807) is 0 Å². The smallest absolute Gasteiger partial charge is 0.238 e. The summed E-state index contributed by atoms with van der Waals surface area (Å²) < 4.78 is 0. The van der Waals surface area contributed by atoms with Crippen LogP contribution in [0.1, 0.15) is 45.6 Å². The van der Waals surface area contributed by atoms with E-state index >= 15 is 0 Å². The molecule has 2 aliphatic carbocycles. The van der Waals surface area contributed by atoms with Gasteiger partial charge in [0.15, 0.2) is 5.78 Å². The average molecular weight is 285 g/mol. The Morgan fingerprint density at radius 2 is 1.95 bits per heavy atom. The molecule has 2 bridgehead atoms. The number of carbonyl (C=O) groups is 2. The first kappa shape index (κ1) is 14.3. The van der Waals surface area contributed by atoms with Gasteiger partial charge in [-0.15, -0.1) is 0 Å². The van der Waals surface area contributed by atoms with E-state index in [1.807, 2.05) is 38.1 Å². The van der Waals surface area contributed by atoms with E-state index < -0.39 is 5.41 Å². The van der Waals surface area contributed by atoms with Crippen LogP contribution in [0.3, 0.4) is 0 Å². The van der Waals surface area contributed by atoms with Gasteiger partial charge < -0.3 is 5.32 Å². The molecular formula is C18H23NO2. The Hall–Kier alpha value is -1.64. The third-order valence-corrected chi connectivity index (χ3v) is 5.61. The summed E-state index contributed by atoms with van der Waals surface area (Å²) in [7, 11) is 0. The highest BCUT2D eigenvalue weighted by Crippen LogP contribution is 2.60. The van der Waals surface area contributed by atoms with Crippen molar-refractivity contribution in [2.24, 2.45) is 16.7 Å². The van der Waals surface area contributed by atoms with Gasteiger partial charge in [-0.2, -0.15) is 0 Å². The van der Waals surface area contributed by atoms with Crippen molar-refractivity contribution >= 4 is 17.4 Å². The maximum Gasteiger partial charge on any atom is 0.238 e. The van der Waals surface area contributed by atoms with Crippen LogP contribution in [0, 0.1) is 16.7 Å². The summed E-state index contributed by atoms with van der Waals surface area (Å²) in [4.78, 5) is 25.4. The van der Waals surface area contributed by atoms with Crippen molar-refractivity contribution < 1.29 is 9.59 Å². The van der Waals surface area contributed by atoms with Crippen LogP contribution < -0.4 is 5.32 Å². The van der Waals surface area contributed by atoms with Crippen molar-refractivity contribution in [2.45, 2.75) is 46.5 Å². The van der Waals surface area contributed by atoms with Crippen LogP contribution in [0.5, 0.6) is 0 Å². The molecule has 2 saturated carbocycles. The molecule has 0 radical (unpaired) electrons. The number of rotatable bonds is 3. The van der Waals surface area contributed by atoms with E-state index in [2.05, 4.69) is 12.2 Å². The molecule has 21 heavy (non-hydrogen) atoms. The van der Waals surface area contributed by atoms with E-state index in [4.69, 9.17) is 0 Å². The molecule has 0 aromatic heterocycles. The molecular weight excluding hydrogens is 262 g/mol. The van der Waals surface area contributed by atoms with E-state index in [1.165, 1.54) is 5.56 Å². The quantitative estimate of drug-likeness (QED) is 0.863. The topological polar surface area (TPSA) is 46.2 Å². The number of ketones is 1. The van der Waals surface area contributed by atoms with Crippen LogP contribution in [-0.2, 0) is 16.0 Å². The molecule has 0 heterocycles. The summed E-state index contributed by atoms with van der Waals surface area (Å²) >= 11 is 0. The van der Waals surface area contributed by atoms with E-state index in [-0.39, 0.29) is 17.1 Å². The molecule has 1 aromatic rings. The fourth-order valence-electron chi connectivity index (χ4n) is 4.05. The van der Waals surface area contributed by atoms with Crippen molar-refractivity contribution in [2.75, 3.05) is 5.32 Å². The lowest BCUT2D eigenvalue weighted by molar-refractivity contribution is -0.142. The molecule has 0 saturated heterocycles. The molecule has 1 N–H and O–H groups in total. The lowest BCUT2D eigenvalue weighted by Gasteiger charge is -2.32. The summed E-state index contributed by atoms with van der Waals surface area (Å²) in [5, 5.41) is 2.96. The fraction of sp³-hybridized carbons (Fsp3) is 0.556. The van der Waals surface area contributed by atoms with Gasteiger partial charge in [-0.3, -0.25) is 9.59 Å². The number of benzene rings is 1. The summed E-state index contributed by atoms with van der Waals surface area (Å²) in [6, 6.07) is 7.88. The number of fused-ring (bicyclic) bond motifs is 2. The van der Waals surface area contributed by atoms with E-state index in [0.29, 0.717) is 12.3 Å². The predicted molar refractivity (Wildman–Crippen MR) is 83.0 cm³/mol. The molecule has 3 nitrogen and oxygen atoms in total. The minimum Gasteiger partial charge on any atom is -0.325 e. The number of anilines is 1. The second kappa shape index (κ2) is 4.69. The molecule has 3 heteroatoms. The first-order valence-corrected chi connectivity index (χ1v) is 7.85. The average Bonchev–Trinajstić information content (AvgIpc) is 3.00. The molecule has 1 aromatic carbocycles. The Morgan fingerprint density at radius 3 is 2.48 bits per heavy atom. The lowest BCUT2D eigenvalue weighted by Crippen LogP contribution is -2.44. The molecule has 0 aliphatic heterocycles. The molecule has 1 amide bonds. The minimum absolute atomic E-state index is 0.107. The summed E-state index contributed by atoms with van der Waals surface area (Å²) in [6.45, 7) is 6.08. The Labute approximate surface area is 126 Å². The zero-order chi connectivity index (χ0) is 15.3. The Bertz CT molecular complexity index is 588. The van der Waals surface area contributed by atoms with Gasteiger partial charge in [0.25, 0.3) is 0 Å². The first-order valence-electron chi connectivity index (χ1n) is 7.85. The highest BCUT2D eigenvalue weighted by Gasteiger charge is 2.64. The molecule has 2 fully saturated rings. The van der Waals surface area contributed by atoms with Crippen LogP contribution in [0.15, 0.2) is 24.3 Å². The fourth-order valence-corrected chi connectivity index (χ4v) is 4.05. The van der Waals surface area contributed by atoms with Gasteiger partial charge in [0.1, 0.15) is 5.41 Å². The largest absolute Gasteiger partial charge is 0.325 e. The van der Waals surface area contributed by atoms with Crippen molar-refractivity contribution in [1.82, 2.24) is 0 Å². The van der Waals surface area contributed by atoms with Crippen molar-refractivity contribution in [3.05, 3.63) is 29.8 Å². The zero-order valence-corrected chi connectivity index (χ0v) is 13.0. The number of amides is 1. The van der Waals surface area contributed by atoms with E-state index in [0.717, 1.165) is 24.9 Å². The van der Waals surface area contributed by atoms with Gasteiger partial charge in [-0.05, 0) is 49.3 Å². The molecule has 2 aliphatic rings. The summed E-state index contributed by atoms with van der Waals surface area (Å²) in [5.41, 5.74) is 0.900. The van der Waals surface area contributed by atoms with E-state index in [9.17, 15) is 9.59 Å². The standard InChI is InChI=1S/C18H23NO2/c1-4-12-5-7-14(8-6-12)19-16(21)18-10-9-13(11-18)17(2,3)15(18)20/h5-8,13H,4,9-11H2,1-3H3,(H,19,21). The number of hydrogen-bond donors (Lipinski definition) is 1. The molecule has 2 atom stereocenters. The Morgan fingerprint density at radius 1 is 1.29 bits per heavy atom. The molecule has 3 rings (SSSR count). The van der Waals surface area contributed by atoms with Gasteiger partial charge in [0, 0.05) is 11.1 Å². The van der Waals surface area contributed by atoms with Crippen molar-refractivity contribution in [3.63, 3.8) is 0 Å². The van der Waals surface area contributed by atoms with Gasteiger partial charge in [-0.25, -0.2) is 0 Å². The Balaban J connectivity index is 1.81. The van der Waals surface area contributed by atoms with Crippen molar-refractivity contribution in [3.8, 4) is 0 Å². The highest BCUT2D eigenvalue weighted by molar-refractivity contribution is 6.15. The van der Waals surface area contributed by atoms with Crippen LogP contribution in [0.25, 0.3) is 0 Å². The molecule has 0 spiro atoms. The SMILES string of the molecule is CCc1ccc(NC(=O)C23CCC(C2)C(C)(C)C3=O)cc1. The normalized spacial score (nSPS) is 29.7. The summed E-state index contributed by atoms with van der Waals surface area (Å²) in [5.74, 6) is 0.386. The van der Waals surface area contributed by atoms with Gasteiger partial charge in [-0.1, -0.05) is 32.9 Å². The third-order valence-electron chi connectivity index (χ3n) is 5.61. The number of carbonyl (C=O) groups excluding carboxylic acids is 2. The minimum atomic E-state index is -0.780. The van der Waals surface area contributed by atoms with Gasteiger partial charge >= 0.3 is 0 Å². The number of hydrogen-bond acceptors (Lipinski definition) is 2. The molecule has 112 valence electrons. The number of aryl methyl sites for hydroxylation is 1. The van der Waals surface area contributed by atoms with Crippen LogP contribution in [0.4, 0.5) is 5.69 Å². The monoisotopic (exact) mass is 285 g/mol. The second-order valence-corrected chi connectivity index (χ2v) is 7.08.